The van der Waals surface area contributed by atoms with Crippen LogP contribution in [0.15, 0.2) is 24.3 Å². The maximum absolute atomic E-state index is 12.8. The molecule has 1 aliphatic heterocycles. The summed E-state index contributed by atoms with van der Waals surface area (Å²) in [5.74, 6) is 0.0726. The highest BCUT2D eigenvalue weighted by molar-refractivity contribution is 5.98. The molecule has 0 unspecified atom stereocenters. The fraction of sp³-hybridized carbons (Fsp3) is 0.600. The second-order valence-electron chi connectivity index (χ2n) is 8.44. The molecule has 1 saturated carbocycles. The number of amides is 1. The molecular weight excluding hydrogens is 300 g/mol. The van der Waals surface area contributed by atoms with Gasteiger partial charge in [0.2, 0.25) is 5.91 Å². The molecule has 0 aromatic heterocycles. The molecule has 1 atom stereocenters. The smallest absolute Gasteiger partial charge is 0.242 e. The third-order valence-electron chi connectivity index (χ3n) is 5.33. The van der Waals surface area contributed by atoms with Gasteiger partial charge in [-0.15, -0.1) is 0 Å². The van der Waals surface area contributed by atoms with E-state index in [0.717, 1.165) is 37.8 Å². The summed E-state index contributed by atoms with van der Waals surface area (Å²) in [7, 11) is 0. The topological polar surface area (TPSA) is 63.4 Å². The molecule has 0 bridgehead atoms. The summed E-state index contributed by atoms with van der Waals surface area (Å²) >= 11 is 0. The Kier molecular flexibility index (Phi) is 4.28. The number of carbonyl (C=O) groups excluding carboxylic acids is 2. The van der Waals surface area contributed by atoms with Crippen LogP contribution < -0.4 is 5.73 Å². The standard InChI is InChI=1S/C20H28N2O2/c1-19(2,3)16-8-6-14(7-9-16)17(23)15-5-4-12-22(13-15)18(24)20(21)10-11-20/h6-9,15H,4-5,10-13,21H2,1-3H3/t15-/m1/s1. The highest BCUT2D eigenvalue weighted by Gasteiger charge is 2.49. The summed E-state index contributed by atoms with van der Waals surface area (Å²) in [4.78, 5) is 27.1. The van der Waals surface area contributed by atoms with Gasteiger partial charge >= 0.3 is 0 Å². The van der Waals surface area contributed by atoms with Gasteiger partial charge in [-0.1, -0.05) is 45.0 Å². The molecule has 3 rings (SSSR count). The normalized spacial score (nSPS) is 23.0. The first-order chi connectivity index (χ1) is 11.2. The van der Waals surface area contributed by atoms with E-state index in [9.17, 15) is 9.59 Å². The number of benzene rings is 1. The van der Waals surface area contributed by atoms with Gasteiger partial charge in [-0.3, -0.25) is 9.59 Å². The van der Waals surface area contributed by atoms with E-state index in [1.807, 2.05) is 29.2 Å². The van der Waals surface area contributed by atoms with Crippen LogP contribution in [-0.4, -0.2) is 35.2 Å². The van der Waals surface area contributed by atoms with Crippen molar-refractivity contribution in [3.8, 4) is 0 Å². The maximum Gasteiger partial charge on any atom is 0.242 e. The average molecular weight is 328 g/mol. The van der Waals surface area contributed by atoms with Crippen LogP contribution >= 0.6 is 0 Å². The Morgan fingerprint density at radius 1 is 1.17 bits per heavy atom. The SMILES string of the molecule is CC(C)(C)c1ccc(C(=O)[C@@H]2CCCN(C(=O)C3(N)CC3)C2)cc1. The third-order valence-corrected chi connectivity index (χ3v) is 5.33. The largest absolute Gasteiger partial charge is 0.340 e. The summed E-state index contributed by atoms with van der Waals surface area (Å²) < 4.78 is 0. The molecule has 1 amide bonds. The summed E-state index contributed by atoms with van der Waals surface area (Å²) in [6, 6.07) is 7.93. The molecule has 0 radical (unpaired) electrons. The van der Waals surface area contributed by atoms with Crippen LogP contribution in [0, 0.1) is 5.92 Å². The van der Waals surface area contributed by atoms with E-state index in [-0.39, 0.29) is 23.0 Å². The van der Waals surface area contributed by atoms with E-state index >= 15 is 0 Å². The van der Waals surface area contributed by atoms with Crippen molar-refractivity contribution < 1.29 is 9.59 Å². The Hall–Kier alpha value is -1.68. The second-order valence-corrected chi connectivity index (χ2v) is 8.44. The van der Waals surface area contributed by atoms with E-state index in [1.54, 1.807) is 0 Å². The van der Waals surface area contributed by atoms with Gasteiger partial charge in [-0.2, -0.15) is 0 Å². The summed E-state index contributed by atoms with van der Waals surface area (Å²) in [6.07, 6.45) is 3.27. The van der Waals surface area contributed by atoms with E-state index in [1.165, 1.54) is 5.56 Å². The first-order valence-corrected chi connectivity index (χ1v) is 8.94. The lowest BCUT2D eigenvalue weighted by molar-refractivity contribution is -0.135. The van der Waals surface area contributed by atoms with Crippen molar-refractivity contribution in [2.45, 2.75) is 57.4 Å². The third kappa shape index (κ3) is 3.39. The van der Waals surface area contributed by atoms with Crippen molar-refractivity contribution in [2.24, 2.45) is 11.7 Å². The molecule has 1 aromatic rings. The van der Waals surface area contributed by atoms with Crippen LogP contribution in [-0.2, 0) is 10.2 Å². The highest BCUT2D eigenvalue weighted by Crippen LogP contribution is 2.35. The van der Waals surface area contributed by atoms with Gasteiger partial charge in [-0.05, 0) is 36.7 Å². The molecule has 1 heterocycles. The number of likely N-dealkylation sites (tertiary alicyclic amines) is 1. The Bertz CT molecular complexity index is 639. The van der Waals surface area contributed by atoms with Crippen molar-refractivity contribution in [3.63, 3.8) is 0 Å². The Balaban J connectivity index is 1.69. The molecule has 4 nitrogen and oxygen atoms in total. The Morgan fingerprint density at radius 3 is 2.33 bits per heavy atom. The van der Waals surface area contributed by atoms with Crippen molar-refractivity contribution >= 4 is 11.7 Å². The number of nitrogens with zero attached hydrogens (tertiary/aromatic N) is 1. The van der Waals surface area contributed by atoms with Crippen LogP contribution in [0.3, 0.4) is 0 Å². The summed E-state index contributed by atoms with van der Waals surface area (Å²) in [5.41, 5.74) is 7.44. The number of hydrogen-bond donors (Lipinski definition) is 1. The lowest BCUT2D eigenvalue weighted by atomic mass is 9.85. The van der Waals surface area contributed by atoms with Crippen LogP contribution in [0.2, 0.25) is 0 Å². The quantitative estimate of drug-likeness (QED) is 0.868. The predicted molar refractivity (Wildman–Crippen MR) is 94.9 cm³/mol. The molecule has 1 aromatic carbocycles. The van der Waals surface area contributed by atoms with Crippen LogP contribution in [0.4, 0.5) is 0 Å². The number of rotatable bonds is 3. The predicted octanol–water partition coefficient (Wildman–Crippen LogP) is 2.90. The molecule has 130 valence electrons. The number of Topliss-reactive ketones (excluding diaryl/α,β-unsaturated/α-hetero) is 1. The number of nitrogens with two attached hydrogens (primary N) is 1. The molecule has 2 aliphatic rings. The van der Waals surface area contributed by atoms with Gasteiger partial charge in [0.25, 0.3) is 0 Å². The number of ketones is 1. The first kappa shape index (κ1) is 17.2. The second kappa shape index (κ2) is 5.99. The van der Waals surface area contributed by atoms with Gasteiger partial charge in [0.05, 0.1) is 5.54 Å². The summed E-state index contributed by atoms with van der Waals surface area (Å²) in [5, 5.41) is 0. The number of piperidine rings is 1. The van der Waals surface area contributed by atoms with Gasteiger partial charge in [0, 0.05) is 24.6 Å². The van der Waals surface area contributed by atoms with E-state index in [4.69, 9.17) is 5.73 Å². The van der Waals surface area contributed by atoms with E-state index in [2.05, 4.69) is 20.8 Å². The van der Waals surface area contributed by atoms with E-state index in [0.29, 0.717) is 6.54 Å². The van der Waals surface area contributed by atoms with Crippen molar-refractivity contribution in [1.29, 1.82) is 0 Å². The molecule has 24 heavy (non-hydrogen) atoms. The monoisotopic (exact) mass is 328 g/mol. The maximum atomic E-state index is 12.8. The first-order valence-electron chi connectivity index (χ1n) is 8.94. The highest BCUT2D eigenvalue weighted by atomic mass is 16.2. The molecule has 2 fully saturated rings. The van der Waals surface area contributed by atoms with Gasteiger partial charge in [-0.25, -0.2) is 0 Å². The number of carbonyl (C=O) groups is 2. The molecule has 1 aliphatic carbocycles. The molecule has 0 spiro atoms. The summed E-state index contributed by atoms with van der Waals surface area (Å²) in [6.45, 7) is 7.72. The minimum Gasteiger partial charge on any atom is -0.340 e. The molecule has 4 heteroatoms. The lowest BCUT2D eigenvalue weighted by Crippen LogP contribution is -2.50. The fourth-order valence-corrected chi connectivity index (χ4v) is 3.41. The van der Waals surface area contributed by atoms with Crippen molar-refractivity contribution in [1.82, 2.24) is 4.90 Å². The fourth-order valence-electron chi connectivity index (χ4n) is 3.41. The van der Waals surface area contributed by atoms with Crippen molar-refractivity contribution in [3.05, 3.63) is 35.4 Å². The van der Waals surface area contributed by atoms with Gasteiger partial charge in [0.15, 0.2) is 5.78 Å². The molecule has 2 N–H and O–H groups in total. The molecule has 1 saturated heterocycles. The van der Waals surface area contributed by atoms with E-state index < -0.39 is 5.54 Å². The molecular formula is C20H28N2O2. The van der Waals surface area contributed by atoms with Gasteiger partial charge in [0.1, 0.15) is 0 Å². The van der Waals surface area contributed by atoms with Crippen LogP contribution in [0.1, 0.15) is 62.4 Å². The van der Waals surface area contributed by atoms with Crippen LogP contribution in [0.25, 0.3) is 0 Å². The zero-order chi connectivity index (χ0) is 17.5. The average Bonchev–Trinajstić information content (AvgIpc) is 3.32. The Labute approximate surface area is 144 Å². The Morgan fingerprint density at radius 2 is 1.79 bits per heavy atom. The van der Waals surface area contributed by atoms with Crippen molar-refractivity contribution in [2.75, 3.05) is 13.1 Å². The zero-order valence-corrected chi connectivity index (χ0v) is 15.0. The number of hydrogen-bond acceptors (Lipinski definition) is 3. The van der Waals surface area contributed by atoms with Gasteiger partial charge < -0.3 is 10.6 Å². The minimum absolute atomic E-state index is 0.0306. The zero-order valence-electron chi connectivity index (χ0n) is 15.0. The van der Waals surface area contributed by atoms with Crippen LogP contribution in [0.5, 0.6) is 0 Å². The minimum atomic E-state index is -0.640. The lowest BCUT2D eigenvalue weighted by Gasteiger charge is -2.33.